The molecule has 0 bridgehead atoms. The van der Waals surface area contributed by atoms with E-state index in [0.717, 1.165) is 5.56 Å². The molecule has 0 unspecified atom stereocenters. The fraction of sp³-hybridized carbons (Fsp3) is 0.115. The molecule has 1 heterocycles. The van der Waals surface area contributed by atoms with Crippen LogP contribution in [0.2, 0.25) is 10.0 Å². The number of anilines is 3. The number of amides is 3. The van der Waals surface area contributed by atoms with Crippen LogP contribution < -0.4 is 15.5 Å². The molecule has 4 aromatic rings. The Morgan fingerprint density at radius 3 is 2.11 bits per heavy atom. The van der Waals surface area contributed by atoms with Gasteiger partial charge in [0.1, 0.15) is 0 Å². The van der Waals surface area contributed by atoms with Crippen molar-refractivity contribution in [3.8, 4) is 0 Å². The summed E-state index contributed by atoms with van der Waals surface area (Å²) in [4.78, 5) is 31.7. The summed E-state index contributed by atoms with van der Waals surface area (Å²) in [5.41, 5.74) is 3.23. The molecule has 3 amide bonds. The quantitative estimate of drug-likeness (QED) is 0.300. The molecule has 2 N–H and O–H groups in total. The molecule has 0 saturated heterocycles. The van der Waals surface area contributed by atoms with Gasteiger partial charge in [-0.2, -0.15) is 0 Å². The second-order valence-corrected chi connectivity index (χ2v) is 8.72. The lowest BCUT2D eigenvalue weighted by Gasteiger charge is -2.25. The molecule has 178 valence electrons. The van der Waals surface area contributed by atoms with Crippen LogP contribution in [0.3, 0.4) is 0 Å². The Kier molecular flexibility index (Phi) is 7.70. The zero-order valence-electron chi connectivity index (χ0n) is 18.9. The highest BCUT2D eigenvalue weighted by molar-refractivity contribution is 6.31. The number of aryl methyl sites for hydroxylation is 1. The van der Waals surface area contributed by atoms with E-state index in [9.17, 15) is 9.59 Å². The molecule has 0 radical (unpaired) electrons. The lowest BCUT2D eigenvalue weighted by molar-refractivity contribution is 0.102. The number of halogens is 2. The van der Waals surface area contributed by atoms with Gasteiger partial charge in [0.25, 0.3) is 5.91 Å². The van der Waals surface area contributed by atoms with E-state index in [1.807, 2.05) is 17.7 Å². The largest absolute Gasteiger partial charge is 0.336 e. The van der Waals surface area contributed by atoms with Gasteiger partial charge < -0.3 is 15.2 Å². The summed E-state index contributed by atoms with van der Waals surface area (Å²) in [5.74, 6) is -0.252. The van der Waals surface area contributed by atoms with Crippen LogP contribution >= 0.6 is 23.2 Å². The van der Waals surface area contributed by atoms with Crippen molar-refractivity contribution in [2.45, 2.75) is 13.5 Å². The van der Waals surface area contributed by atoms with E-state index < -0.39 is 0 Å². The zero-order chi connectivity index (χ0) is 24.8. The topological polar surface area (TPSA) is 79.3 Å². The zero-order valence-corrected chi connectivity index (χ0v) is 20.4. The molecule has 0 saturated carbocycles. The van der Waals surface area contributed by atoms with Crippen LogP contribution in [0.15, 0.2) is 85.5 Å². The summed E-state index contributed by atoms with van der Waals surface area (Å²) < 4.78 is 1.89. The van der Waals surface area contributed by atoms with Crippen LogP contribution in [0.5, 0.6) is 0 Å². The van der Waals surface area contributed by atoms with E-state index in [4.69, 9.17) is 23.2 Å². The predicted octanol–water partition coefficient (Wildman–Crippen LogP) is 6.49. The Morgan fingerprint density at radius 2 is 1.54 bits per heavy atom. The van der Waals surface area contributed by atoms with Gasteiger partial charge in [-0.05, 0) is 79.2 Å². The number of nitrogens with one attached hydrogen (secondary N) is 2. The summed E-state index contributed by atoms with van der Waals surface area (Å²) in [5, 5.41) is 6.95. The van der Waals surface area contributed by atoms with E-state index in [0.29, 0.717) is 45.8 Å². The van der Waals surface area contributed by atoms with Crippen molar-refractivity contribution in [2.24, 2.45) is 0 Å². The fourth-order valence-corrected chi connectivity index (χ4v) is 3.78. The van der Waals surface area contributed by atoms with E-state index in [2.05, 4.69) is 15.6 Å². The summed E-state index contributed by atoms with van der Waals surface area (Å²) in [6.07, 6.45) is 5.23. The monoisotopic (exact) mass is 507 g/mol. The maximum atomic E-state index is 13.3. The number of hydrogen-bond donors (Lipinski definition) is 2. The molecule has 0 aliphatic heterocycles. The van der Waals surface area contributed by atoms with Crippen molar-refractivity contribution in [1.82, 2.24) is 9.55 Å². The third-order valence-corrected chi connectivity index (χ3v) is 5.84. The minimum Gasteiger partial charge on any atom is -0.336 e. The third kappa shape index (κ3) is 6.41. The average molecular weight is 508 g/mol. The average Bonchev–Trinajstić information content (AvgIpc) is 3.36. The van der Waals surface area contributed by atoms with Crippen molar-refractivity contribution >= 4 is 52.2 Å². The minimum absolute atomic E-state index is 0.252. The van der Waals surface area contributed by atoms with Crippen molar-refractivity contribution in [3.05, 3.63) is 107 Å². The van der Waals surface area contributed by atoms with Crippen molar-refractivity contribution in [2.75, 3.05) is 22.1 Å². The van der Waals surface area contributed by atoms with E-state index >= 15 is 0 Å². The number of carbonyl (C=O) groups excluding carboxylic acids is 2. The van der Waals surface area contributed by atoms with E-state index in [1.54, 1.807) is 84.2 Å². The SMILES string of the molecule is Cc1cc(C(=O)Nc2ccc(Cl)cc2)ccc1N(CCn1ccnc1)C(=O)Nc1ccc(Cl)cc1. The highest BCUT2D eigenvalue weighted by atomic mass is 35.5. The summed E-state index contributed by atoms with van der Waals surface area (Å²) in [7, 11) is 0. The Morgan fingerprint density at radius 1 is 0.914 bits per heavy atom. The highest BCUT2D eigenvalue weighted by Gasteiger charge is 2.19. The van der Waals surface area contributed by atoms with Gasteiger partial charge in [-0.25, -0.2) is 9.78 Å². The number of benzene rings is 3. The first-order chi connectivity index (χ1) is 16.9. The van der Waals surface area contributed by atoms with Gasteiger partial charge in [-0.1, -0.05) is 23.2 Å². The lowest BCUT2D eigenvalue weighted by Crippen LogP contribution is -2.37. The molecule has 0 aliphatic rings. The van der Waals surface area contributed by atoms with Crippen LogP contribution in [0, 0.1) is 6.92 Å². The lowest BCUT2D eigenvalue weighted by atomic mass is 10.1. The molecule has 4 rings (SSSR count). The fourth-order valence-electron chi connectivity index (χ4n) is 3.53. The van der Waals surface area contributed by atoms with Crippen LogP contribution in [-0.4, -0.2) is 28.0 Å². The smallest absolute Gasteiger partial charge is 0.326 e. The Bertz CT molecular complexity index is 1310. The van der Waals surface area contributed by atoms with E-state index in [1.165, 1.54) is 0 Å². The summed E-state index contributed by atoms with van der Waals surface area (Å²) in [6, 6.07) is 18.8. The standard InChI is InChI=1S/C26H23Cl2N5O2/c1-18-16-19(25(34)30-22-7-3-20(27)4-8-22)2-11-24(18)33(15-14-32-13-12-29-17-32)26(35)31-23-9-5-21(28)6-10-23/h2-13,16-17H,14-15H2,1H3,(H,30,34)(H,31,35). The number of rotatable bonds is 7. The molecule has 1 aromatic heterocycles. The highest BCUT2D eigenvalue weighted by Crippen LogP contribution is 2.24. The molecule has 0 aliphatic carbocycles. The molecule has 0 fully saturated rings. The van der Waals surface area contributed by atoms with Crippen LogP contribution in [0.1, 0.15) is 15.9 Å². The predicted molar refractivity (Wildman–Crippen MR) is 141 cm³/mol. The number of urea groups is 1. The van der Waals surface area contributed by atoms with Gasteiger partial charge in [0.2, 0.25) is 0 Å². The summed E-state index contributed by atoms with van der Waals surface area (Å²) in [6.45, 7) is 2.81. The number of imidazole rings is 1. The van der Waals surface area contributed by atoms with Crippen molar-refractivity contribution in [3.63, 3.8) is 0 Å². The first-order valence-electron chi connectivity index (χ1n) is 10.9. The molecule has 9 heteroatoms. The number of aromatic nitrogens is 2. The third-order valence-electron chi connectivity index (χ3n) is 5.33. The number of nitrogens with zero attached hydrogens (tertiary/aromatic N) is 3. The summed E-state index contributed by atoms with van der Waals surface area (Å²) >= 11 is 11.9. The first kappa shape index (κ1) is 24.3. The molecule has 3 aromatic carbocycles. The van der Waals surface area contributed by atoms with Gasteiger partial charge in [-0.15, -0.1) is 0 Å². The van der Waals surface area contributed by atoms with Crippen LogP contribution in [0.4, 0.5) is 21.9 Å². The van der Waals surface area contributed by atoms with Gasteiger partial charge in [0, 0.05) is 58.2 Å². The Hall–Kier alpha value is -3.81. The second-order valence-electron chi connectivity index (χ2n) is 7.85. The number of carbonyl (C=O) groups is 2. The molecule has 35 heavy (non-hydrogen) atoms. The normalized spacial score (nSPS) is 10.6. The maximum Gasteiger partial charge on any atom is 0.326 e. The van der Waals surface area contributed by atoms with E-state index in [-0.39, 0.29) is 11.9 Å². The van der Waals surface area contributed by atoms with Crippen molar-refractivity contribution in [1.29, 1.82) is 0 Å². The van der Waals surface area contributed by atoms with Crippen LogP contribution in [-0.2, 0) is 6.54 Å². The van der Waals surface area contributed by atoms with Crippen LogP contribution in [0.25, 0.3) is 0 Å². The second kappa shape index (κ2) is 11.1. The molecular formula is C26H23Cl2N5O2. The van der Waals surface area contributed by atoms with Gasteiger partial charge in [0.05, 0.1) is 6.33 Å². The molecule has 0 spiro atoms. The Labute approximate surface area is 213 Å². The molecular weight excluding hydrogens is 485 g/mol. The van der Waals surface area contributed by atoms with Gasteiger partial charge >= 0.3 is 6.03 Å². The van der Waals surface area contributed by atoms with Crippen molar-refractivity contribution < 1.29 is 9.59 Å². The minimum atomic E-state index is -0.297. The Balaban J connectivity index is 1.55. The van der Waals surface area contributed by atoms with Gasteiger partial charge in [-0.3, -0.25) is 9.69 Å². The first-order valence-corrected chi connectivity index (χ1v) is 11.6. The maximum absolute atomic E-state index is 13.3. The molecule has 7 nitrogen and oxygen atoms in total. The van der Waals surface area contributed by atoms with Gasteiger partial charge in [0.15, 0.2) is 0 Å². The number of hydrogen-bond acceptors (Lipinski definition) is 3. The molecule has 0 atom stereocenters.